The zero-order valence-corrected chi connectivity index (χ0v) is 17.7. The van der Waals surface area contributed by atoms with Crippen molar-refractivity contribution in [3.63, 3.8) is 0 Å². The first kappa shape index (κ1) is 19.2. The highest BCUT2D eigenvalue weighted by Crippen LogP contribution is 2.37. The number of urea groups is 1. The summed E-state index contributed by atoms with van der Waals surface area (Å²) in [7, 11) is 0. The molecular formula is C27H25N3O. The Bertz CT molecular complexity index is 1240. The standard InChI is InChI=1S/C27H25N3O/c1-19-13-15-21(16-14-19)26-25-12-7-17-29(25)24-11-6-4-9-22(24)18-30(26)27(31)28-23-10-5-3-8-20(23)2/h3-17,26H,18H2,1-2H3,(H,28,31)/t26-/m1/s1. The van der Waals surface area contributed by atoms with Crippen LogP contribution in [0.3, 0.4) is 0 Å². The summed E-state index contributed by atoms with van der Waals surface area (Å²) in [6, 6.07) is 28.5. The lowest BCUT2D eigenvalue weighted by atomic mass is 10.0. The minimum Gasteiger partial charge on any atom is -0.318 e. The molecule has 1 N–H and O–H groups in total. The van der Waals surface area contributed by atoms with Crippen molar-refractivity contribution in [1.82, 2.24) is 9.47 Å². The van der Waals surface area contributed by atoms with Gasteiger partial charge < -0.3 is 14.8 Å². The van der Waals surface area contributed by atoms with Crippen LogP contribution in [0.4, 0.5) is 10.5 Å². The van der Waals surface area contributed by atoms with Crippen molar-refractivity contribution in [2.45, 2.75) is 26.4 Å². The molecule has 0 saturated heterocycles. The number of hydrogen-bond donors (Lipinski definition) is 1. The molecule has 0 spiro atoms. The molecule has 2 heterocycles. The summed E-state index contributed by atoms with van der Waals surface area (Å²) in [4.78, 5) is 15.6. The second kappa shape index (κ2) is 7.80. The second-order valence-electron chi connectivity index (χ2n) is 8.12. The van der Waals surface area contributed by atoms with Gasteiger partial charge in [0.2, 0.25) is 0 Å². The summed E-state index contributed by atoms with van der Waals surface area (Å²) in [6.45, 7) is 4.61. The van der Waals surface area contributed by atoms with Crippen LogP contribution in [-0.2, 0) is 6.54 Å². The van der Waals surface area contributed by atoms with Crippen molar-refractivity contribution < 1.29 is 4.79 Å². The monoisotopic (exact) mass is 407 g/mol. The van der Waals surface area contributed by atoms with Crippen LogP contribution in [0.1, 0.15) is 34.0 Å². The number of rotatable bonds is 2. The van der Waals surface area contributed by atoms with Gasteiger partial charge in [-0.3, -0.25) is 0 Å². The molecule has 5 rings (SSSR count). The Morgan fingerprint density at radius 1 is 0.871 bits per heavy atom. The summed E-state index contributed by atoms with van der Waals surface area (Å²) in [5.41, 5.74) is 7.49. The predicted molar refractivity (Wildman–Crippen MR) is 125 cm³/mol. The second-order valence-corrected chi connectivity index (χ2v) is 8.12. The lowest BCUT2D eigenvalue weighted by molar-refractivity contribution is 0.194. The number of carbonyl (C=O) groups is 1. The Morgan fingerprint density at radius 2 is 1.61 bits per heavy atom. The van der Waals surface area contributed by atoms with E-state index in [1.54, 1.807) is 0 Å². The molecule has 2 amide bonds. The van der Waals surface area contributed by atoms with Gasteiger partial charge in [0.25, 0.3) is 0 Å². The zero-order valence-electron chi connectivity index (χ0n) is 17.7. The highest BCUT2D eigenvalue weighted by Gasteiger charge is 2.33. The molecule has 0 radical (unpaired) electrons. The van der Waals surface area contributed by atoms with E-state index in [0.717, 1.165) is 33.8 Å². The van der Waals surface area contributed by atoms with Crippen LogP contribution in [0.2, 0.25) is 0 Å². The molecule has 1 aliphatic heterocycles. The fourth-order valence-electron chi connectivity index (χ4n) is 4.34. The van der Waals surface area contributed by atoms with Crippen LogP contribution in [0, 0.1) is 13.8 Å². The summed E-state index contributed by atoms with van der Waals surface area (Å²) in [6.07, 6.45) is 2.08. The number of nitrogens with one attached hydrogen (secondary N) is 1. The number of amides is 2. The lowest BCUT2D eigenvalue weighted by Crippen LogP contribution is -2.38. The molecule has 1 aliphatic rings. The van der Waals surface area contributed by atoms with Crippen LogP contribution in [0.5, 0.6) is 0 Å². The molecule has 0 saturated carbocycles. The maximum Gasteiger partial charge on any atom is 0.322 e. The van der Waals surface area contributed by atoms with E-state index < -0.39 is 0 Å². The predicted octanol–water partition coefficient (Wildman–Crippen LogP) is 6.23. The summed E-state index contributed by atoms with van der Waals surface area (Å²) in [5.74, 6) is 0. The van der Waals surface area contributed by atoms with E-state index >= 15 is 0 Å². The molecule has 0 bridgehead atoms. The van der Waals surface area contributed by atoms with Crippen LogP contribution < -0.4 is 5.32 Å². The molecule has 0 fully saturated rings. The number of hydrogen-bond acceptors (Lipinski definition) is 1. The molecule has 1 aromatic heterocycles. The van der Waals surface area contributed by atoms with Gasteiger partial charge in [0.1, 0.15) is 0 Å². The zero-order chi connectivity index (χ0) is 21.4. The van der Waals surface area contributed by atoms with Crippen LogP contribution in [0.25, 0.3) is 5.69 Å². The summed E-state index contributed by atoms with van der Waals surface area (Å²) in [5, 5.41) is 3.15. The van der Waals surface area contributed by atoms with Crippen molar-refractivity contribution in [2.24, 2.45) is 0 Å². The van der Waals surface area contributed by atoms with Crippen molar-refractivity contribution in [2.75, 3.05) is 5.32 Å². The largest absolute Gasteiger partial charge is 0.322 e. The molecule has 31 heavy (non-hydrogen) atoms. The van der Waals surface area contributed by atoms with Crippen molar-refractivity contribution in [3.05, 3.63) is 119 Å². The van der Waals surface area contributed by atoms with Gasteiger partial charge in [-0.2, -0.15) is 0 Å². The number of nitrogens with zero attached hydrogens (tertiary/aromatic N) is 2. The van der Waals surface area contributed by atoms with E-state index in [1.165, 1.54) is 5.56 Å². The maximum atomic E-state index is 13.7. The van der Waals surface area contributed by atoms with E-state index in [0.29, 0.717) is 6.54 Å². The number of anilines is 1. The quantitative estimate of drug-likeness (QED) is 0.420. The molecule has 4 heteroatoms. The highest BCUT2D eigenvalue weighted by atomic mass is 16.2. The normalized spacial score (nSPS) is 15.0. The fourth-order valence-corrected chi connectivity index (χ4v) is 4.34. The molecule has 0 aliphatic carbocycles. The Kier molecular flexibility index (Phi) is 4.83. The molecule has 4 nitrogen and oxygen atoms in total. The number of carbonyl (C=O) groups excluding carboxylic acids is 1. The van der Waals surface area contributed by atoms with Crippen LogP contribution >= 0.6 is 0 Å². The Balaban J connectivity index is 1.64. The minimum absolute atomic E-state index is 0.107. The van der Waals surface area contributed by atoms with Crippen molar-refractivity contribution in [3.8, 4) is 5.69 Å². The average Bonchev–Trinajstić information content (AvgIpc) is 3.20. The lowest BCUT2D eigenvalue weighted by Gasteiger charge is -2.31. The Hall–Kier alpha value is -3.79. The highest BCUT2D eigenvalue weighted by molar-refractivity contribution is 5.91. The van der Waals surface area contributed by atoms with Crippen LogP contribution in [-0.4, -0.2) is 15.5 Å². The third kappa shape index (κ3) is 3.50. The molecule has 1 atom stereocenters. The molecular weight excluding hydrogens is 382 g/mol. The van der Waals surface area contributed by atoms with E-state index in [-0.39, 0.29) is 12.1 Å². The minimum atomic E-state index is -0.202. The first-order chi connectivity index (χ1) is 15.1. The summed E-state index contributed by atoms with van der Waals surface area (Å²) >= 11 is 0. The van der Waals surface area contributed by atoms with Gasteiger partial charge in [0.15, 0.2) is 0 Å². The smallest absolute Gasteiger partial charge is 0.318 e. The van der Waals surface area contributed by atoms with Gasteiger partial charge in [-0.15, -0.1) is 0 Å². The van der Waals surface area contributed by atoms with Gasteiger partial charge in [0, 0.05) is 17.6 Å². The van der Waals surface area contributed by atoms with Gasteiger partial charge in [-0.25, -0.2) is 4.79 Å². The Labute approximate surface area is 182 Å². The first-order valence-corrected chi connectivity index (χ1v) is 10.6. The van der Waals surface area contributed by atoms with Gasteiger partial charge >= 0.3 is 6.03 Å². The molecule has 0 unspecified atom stereocenters. The SMILES string of the molecule is Cc1ccc([C@@H]2c3cccn3-c3ccccc3CN2C(=O)Nc2ccccc2C)cc1. The number of benzene rings is 3. The first-order valence-electron chi connectivity index (χ1n) is 10.6. The molecule has 4 aromatic rings. The number of aryl methyl sites for hydroxylation is 2. The van der Waals surface area contributed by atoms with E-state index in [2.05, 4.69) is 71.5 Å². The van der Waals surface area contributed by atoms with Gasteiger partial charge in [0.05, 0.1) is 18.3 Å². The van der Waals surface area contributed by atoms with E-state index in [1.807, 2.05) is 48.2 Å². The van der Waals surface area contributed by atoms with E-state index in [4.69, 9.17) is 0 Å². The van der Waals surface area contributed by atoms with Crippen LogP contribution in [0.15, 0.2) is 91.1 Å². The third-order valence-corrected chi connectivity index (χ3v) is 6.00. The number of para-hydroxylation sites is 2. The number of fused-ring (bicyclic) bond motifs is 3. The third-order valence-electron chi connectivity index (χ3n) is 6.00. The topological polar surface area (TPSA) is 37.3 Å². The molecule has 3 aromatic carbocycles. The number of aromatic nitrogens is 1. The van der Waals surface area contributed by atoms with Gasteiger partial charge in [-0.05, 0) is 54.8 Å². The van der Waals surface area contributed by atoms with E-state index in [9.17, 15) is 4.79 Å². The molecule has 154 valence electrons. The average molecular weight is 408 g/mol. The maximum absolute atomic E-state index is 13.7. The fraction of sp³-hybridized carbons (Fsp3) is 0.148. The summed E-state index contributed by atoms with van der Waals surface area (Å²) < 4.78 is 2.21. The van der Waals surface area contributed by atoms with Crippen molar-refractivity contribution >= 4 is 11.7 Å². The van der Waals surface area contributed by atoms with Crippen molar-refractivity contribution in [1.29, 1.82) is 0 Å². The Morgan fingerprint density at radius 3 is 2.42 bits per heavy atom. The van der Waals surface area contributed by atoms with Gasteiger partial charge in [-0.1, -0.05) is 66.2 Å².